The SMILES string of the molecule is CCCCCCn1c(=O)c2cn(C(=O)c3cc(OC)c(OC)cc3OC)nc2n(C)c1=O. The molecule has 0 N–H and O–H groups in total. The van der Waals surface area contributed by atoms with Gasteiger partial charge in [-0.15, -0.1) is 5.10 Å². The third-order valence-electron chi connectivity index (χ3n) is 5.39. The van der Waals surface area contributed by atoms with Crippen LogP contribution >= 0.6 is 0 Å². The van der Waals surface area contributed by atoms with E-state index in [0.29, 0.717) is 18.0 Å². The highest BCUT2D eigenvalue weighted by Gasteiger charge is 2.22. The highest BCUT2D eigenvalue weighted by Crippen LogP contribution is 2.35. The average molecular weight is 444 g/mol. The van der Waals surface area contributed by atoms with Crippen LogP contribution in [0.3, 0.4) is 0 Å². The Balaban J connectivity index is 2.08. The lowest BCUT2D eigenvalue weighted by molar-refractivity contribution is 0.0942. The van der Waals surface area contributed by atoms with Crippen molar-refractivity contribution >= 4 is 16.9 Å². The number of unbranched alkanes of at least 4 members (excludes halogenated alkanes) is 3. The number of fused-ring (bicyclic) bond motifs is 1. The number of carbonyl (C=O) groups excluding carboxylic acids is 1. The lowest BCUT2D eigenvalue weighted by Gasteiger charge is -2.13. The van der Waals surface area contributed by atoms with Crippen LogP contribution in [0.25, 0.3) is 11.0 Å². The Kier molecular flexibility index (Phi) is 7.01. The minimum Gasteiger partial charge on any atom is -0.496 e. The number of aryl methyl sites for hydroxylation is 1. The minimum absolute atomic E-state index is 0.137. The Morgan fingerprint density at radius 2 is 1.62 bits per heavy atom. The van der Waals surface area contributed by atoms with Gasteiger partial charge in [0.1, 0.15) is 11.1 Å². The Labute approximate surface area is 184 Å². The number of ether oxygens (including phenoxy) is 3. The molecule has 0 radical (unpaired) electrons. The molecule has 0 atom stereocenters. The number of hydrogen-bond acceptors (Lipinski definition) is 7. The van der Waals surface area contributed by atoms with Gasteiger partial charge in [0.25, 0.3) is 11.5 Å². The molecule has 0 spiro atoms. The van der Waals surface area contributed by atoms with Gasteiger partial charge in [0, 0.05) is 31.9 Å². The van der Waals surface area contributed by atoms with E-state index in [1.165, 1.54) is 55.8 Å². The molecular weight excluding hydrogens is 416 g/mol. The zero-order valence-corrected chi connectivity index (χ0v) is 19.0. The van der Waals surface area contributed by atoms with Crippen molar-refractivity contribution in [1.82, 2.24) is 18.9 Å². The fraction of sp³-hybridized carbons (Fsp3) is 0.455. The van der Waals surface area contributed by atoms with Crippen molar-refractivity contribution in [3.05, 3.63) is 44.7 Å². The summed E-state index contributed by atoms with van der Waals surface area (Å²) < 4.78 is 19.4. The van der Waals surface area contributed by atoms with Crippen LogP contribution in [0.2, 0.25) is 0 Å². The Morgan fingerprint density at radius 1 is 0.969 bits per heavy atom. The lowest BCUT2D eigenvalue weighted by atomic mass is 10.1. The molecule has 1 aromatic carbocycles. The Hall–Kier alpha value is -3.56. The van der Waals surface area contributed by atoms with E-state index in [2.05, 4.69) is 12.0 Å². The number of hydrogen-bond donors (Lipinski definition) is 0. The first-order valence-electron chi connectivity index (χ1n) is 10.4. The number of benzene rings is 1. The lowest BCUT2D eigenvalue weighted by Crippen LogP contribution is -2.38. The first-order chi connectivity index (χ1) is 15.4. The van der Waals surface area contributed by atoms with Crippen LogP contribution in [0.5, 0.6) is 17.2 Å². The highest BCUT2D eigenvalue weighted by atomic mass is 16.5. The average Bonchev–Trinajstić information content (AvgIpc) is 3.26. The summed E-state index contributed by atoms with van der Waals surface area (Å²) in [7, 11) is 5.90. The minimum atomic E-state index is -0.541. The van der Waals surface area contributed by atoms with Gasteiger partial charge >= 0.3 is 5.69 Å². The first-order valence-corrected chi connectivity index (χ1v) is 10.4. The fourth-order valence-corrected chi connectivity index (χ4v) is 3.59. The van der Waals surface area contributed by atoms with Crippen LogP contribution in [0, 0.1) is 0 Å². The fourth-order valence-electron chi connectivity index (χ4n) is 3.59. The number of carbonyl (C=O) groups is 1. The maximum Gasteiger partial charge on any atom is 0.332 e. The molecule has 2 heterocycles. The maximum absolute atomic E-state index is 13.2. The molecule has 172 valence electrons. The van der Waals surface area contributed by atoms with Gasteiger partial charge in [-0.2, -0.15) is 0 Å². The van der Waals surface area contributed by atoms with Crippen molar-refractivity contribution in [2.45, 2.75) is 39.2 Å². The molecule has 0 amide bonds. The van der Waals surface area contributed by atoms with Crippen LogP contribution in [0.1, 0.15) is 43.0 Å². The molecule has 10 heteroatoms. The van der Waals surface area contributed by atoms with Gasteiger partial charge in [0.15, 0.2) is 17.1 Å². The van der Waals surface area contributed by atoms with E-state index in [9.17, 15) is 14.4 Å². The smallest absolute Gasteiger partial charge is 0.332 e. The molecule has 2 aromatic heterocycles. The Bertz CT molecular complexity index is 1250. The van der Waals surface area contributed by atoms with E-state index >= 15 is 0 Å². The molecule has 0 aliphatic carbocycles. The van der Waals surface area contributed by atoms with Crippen molar-refractivity contribution in [1.29, 1.82) is 0 Å². The van der Waals surface area contributed by atoms with Crippen molar-refractivity contribution in [3.63, 3.8) is 0 Å². The van der Waals surface area contributed by atoms with Crippen LogP contribution in [0.4, 0.5) is 0 Å². The van der Waals surface area contributed by atoms with Crippen molar-refractivity contribution < 1.29 is 19.0 Å². The van der Waals surface area contributed by atoms with Gasteiger partial charge in [-0.25, -0.2) is 9.48 Å². The number of aromatic nitrogens is 4. The zero-order valence-electron chi connectivity index (χ0n) is 19.0. The molecule has 0 aliphatic rings. The van der Waals surface area contributed by atoms with E-state index in [-0.39, 0.29) is 22.3 Å². The third kappa shape index (κ3) is 4.12. The second kappa shape index (κ2) is 9.71. The van der Waals surface area contributed by atoms with E-state index < -0.39 is 17.2 Å². The number of methoxy groups -OCH3 is 3. The molecule has 3 aromatic rings. The third-order valence-corrected chi connectivity index (χ3v) is 5.39. The summed E-state index contributed by atoms with van der Waals surface area (Å²) in [6.07, 6.45) is 5.10. The summed E-state index contributed by atoms with van der Waals surface area (Å²) in [5, 5.41) is 4.41. The van der Waals surface area contributed by atoms with Crippen LogP contribution in [-0.4, -0.2) is 46.2 Å². The molecule has 0 aliphatic heterocycles. The second-order valence-corrected chi connectivity index (χ2v) is 7.38. The van der Waals surface area contributed by atoms with Gasteiger partial charge in [-0.3, -0.25) is 18.7 Å². The van der Waals surface area contributed by atoms with Crippen molar-refractivity contribution in [3.8, 4) is 17.2 Å². The molecule has 0 saturated carbocycles. The first kappa shape index (κ1) is 23.1. The molecule has 0 unspecified atom stereocenters. The standard InChI is InChI=1S/C22H28N4O6/c1-6-7-8-9-10-25-20(27)15-13-26(23-19(15)24(2)22(25)29)21(28)14-11-17(31-4)18(32-5)12-16(14)30-3/h11-13H,6-10H2,1-5H3. The predicted molar refractivity (Wildman–Crippen MR) is 119 cm³/mol. The van der Waals surface area contributed by atoms with E-state index in [4.69, 9.17) is 14.2 Å². The molecule has 32 heavy (non-hydrogen) atoms. The van der Waals surface area contributed by atoms with E-state index in [0.717, 1.165) is 30.4 Å². The summed E-state index contributed by atoms with van der Waals surface area (Å²) >= 11 is 0. The zero-order chi connectivity index (χ0) is 23.4. The summed E-state index contributed by atoms with van der Waals surface area (Å²) in [5.41, 5.74) is -0.612. The molecule has 0 fully saturated rings. The summed E-state index contributed by atoms with van der Waals surface area (Å²) in [4.78, 5) is 38.9. The van der Waals surface area contributed by atoms with Gasteiger partial charge in [0.05, 0.1) is 26.9 Å². The summed E-state index contributed by atoms with van der Waals surface area (Å²) in [5.74, 6) is 0.463. The van der Waals surface area contributed by atoms with Gasteiger partial charge in [-0.1, -0.05) is 26.2 Å². The molecule has 3 rings (SSSR count). The molecule has 0 bridgehead atoms. The van der Waals surface area contributed by atoms with E-state index in [1.807, 2.05) is 0 Å². The molecule has 10 nitrogen and oxygen atoms in total. The molecular formula is C22H28N4O6. The normalized spacial score (nSPS) is 11.0. The van der Waals surface area contributed by atoms with Crippen LogP contribution in [0.15, 0.2) is 27.9 Å². The topological polar surface area (TPSA) is 107 Å². The van der Waals surface area contributed by atoms with E-state index in [1.54, 1.807) is 0 Å². The largest absolute Gasteiger partial charge is 0.496 e. The predicted octanol–water partition coefficient (Wildman–Crippen LogP) is 2.19. The van der Waals surface area contributed by atoms with Crippen LogP contribution in [-0.2, 0) is 13.6 Å². The van der Waals surface area contributed by atoms with Gasteiger partial charge in [0.2, 0.25) is 0 Å². The summed E-state index contributed by atoms with van der Waals surface area (Å²) in [6.45, 7) is 2.42. The van der Waals surface area contributed by atoms with Crippen molar-refractivity contribution in [2.75, 3.05) is 21.3 Å². The maximum atomic E-state index is 13.2. The van der Waals surface area contributed by atoms with Crippen LogP contribution < -0.4 is 25.5 Å². The number of rotatable bonds is 9. The highest BCUT2D eigenvalue weighted by molar-refractivity contribution is 6.00. The quantitative estimate of drug-likeness (QED) is 0.466. The van der Waals surface area contributed by atoms with Crippen molar-refractivity contribution in [2.24, 2.45) is 7.05 Å². The monoisotopic (exact) mass is 444 g/mol. The second-order valence-electron chi connectivity index (χ2n) is 7.38. The molecule has 0 saturated heterocycles. The Morgan fingerprint density at radius 3 is 2.25 bits per heavy atom. The van der Waals surface area contributed by atoms with Gasteiger partial charge in [-0.05, 0) is 6.42 Å². The summed E-state index contributed by atoms with van der Waals surface area (Å²) in [6, 6.07) is 3.02. The number of nitrogens with zero attached hydrogens (tertiary/aromatic N) is 4. The van der Waals surface area contributed by atoms with Gasteiger partial charge < -0.3 is 14.2 Å².